The molecule has 2 aliphatic rings. The number of fused-ring (bicyclic) bond motifs is 2. The van der Waals surface area contributed by atoms with Crippen LogP contribution in [0.4, 0.5) is 14.6 Å². The molecule has 1 saturated heterocycles. The van der Waals surface area contributed by atoms with Crippen molar-refractivity contribution in [3.05, 3.63) is 40.7 Å². The molecule has 3 heterocycles. The first kappa shape index (κ1) is 28.4. The molecule has 6 atom stereocenters. The van der Waals surface area contributed by atoms with Crippen LogP contribution >= 0.6 is 26.8 Å². The Balaban J connectivity index is 1.37. The van der Waals surface area contributed by atoms with Gasteiger partial charge in [0.2, 0.25) is 5.28 Å². The van der Waals surface area contributed by atoms with Crippen molar-refractivity contribution < 1.29 is 52.1 Å². The molecule has 212 valence electrons. The van der Waals surface area contributed by atoms with Gasteiger partial charge in [-0.2, -0.15) is 23.4 Å². The van der Waals surface area contributed by atoms with E-state index in [-0.39, 0.29) is 28.3 Å². The summed E-state index contributed by atoms with van der Waals surface area (Å²) in [6, 6.07) is 7.73. The standard InChI is InChI=1S/C19H21ClF2N6O9P2/c20-18-24-15(23-10-6-5-8-3-1-2-4-9(8)10)12-16(25-18)28(27-26-12)17-14(30)13(29)11(37-17)7-36-39(34,35)19(21,22)38(31,32)33/h1-4,10-11,13-14,17,29-30H,5-7H2,(H,34,35)(H,23,24,25)(H2,31,32,33)/t10-,11+,13+,14+,17+/m0/s1. The average Bonchev–Trinajstić information content (AvgIpc) is 3.54. The van der Waals surface area contributed by atoms with Gasteiger partial charge in [-0.1, -0.05) is 29.5 Å². The molecule has 39 heavy (non-hydrogen) atoms. The summed E-state index contributed by atoms with van der Waals surface area (Å²) in [6.45, 7) is -1.24. The molecule has 1 fully saturated rings. The Labute approximate surface area is 222 Å². The molecule has 0 radical (unpaired) electrons. The van der Waals surface area contributed by atoms with Gasteiger partial charge in [0.05, 0.1) is 12.6 Å². The van der Waals surface area contributed by atoms with Crippen molar-refractivity contribution in [1.82, 2.24) is 25.0 Å². The van der Waals surface area contributed by atoms with Gasteiger partial charge in [0, 0.05) is 0 Å². The second-order valence-corrected chi connectivity index (χ2v) is 13.1. The molecule has 0 saturated carbocycles. The summed E-state index contributed by atoms with van der Waals surface area (Å²) in [7, 11) is -12.6. The number of ether oxygens (including phenoxy) is 1. The third kappa shape index (κ3) is 4.97. The van der Waals surface area contributed by atoms with E-state index in [1.807, 2.05) is 24.3 Å². The number of rotatable bonds is 8. The molecule has 3 aromatic rings. The van der Waals surface area contributed by atoms with Crippen LogP contribution in [0.3, 0.4) is 0 Å². The Morgan fingerprint density at radius 1 is 1.18 bits per heavy atom. The van der Waals surface area contributed by atoms with Crippen LogP contribution in [0.25, 0.3) is 11.2 Å². The summed E-state index contributed by atoms with van der Waals surface area (Å²) in [5.74, 6) is 0.228. The number of alkyl halides is 2. The van der Waals surface area contributed by atoms with Crippen molar-refractivity contribution in [2.24, 2.45) is 0 Å². The second-order valence-electron chi connectivity index (χ2n) is 8.90. The van der Waals surface area contributed by atoms with E-state index in [2.05, 4.69) is 30.1 Å². The summed E-state index contributed by atoms with van der Waals surface area (Å²) in [5.41, 5.74) is 2.35. The van der Waals surface area contributed by atoms with Crippen molar-refractivity contribution in [1.29, 1.82) is 0 Å². The minimum atomic E-state index is -6.38. The number of aliphatic hydroxyl groups is 2. The highest BCUT2D eigenvalue weighted by Gasteiger charge is 2.65. The van der Waals surface area contributed by atoms with Crippen molar-refractivity contribution >= 4 is 43.8 Å². The van der Waals surface area contributed by atoms with Gasteiger partial charge in [-0.3, -0.25) is 9.13 Å². The third-order valence-corrected chi connectivity index (χ3v) is 10.0. The molecule has 0 spiro atoms. The molecule has 1 aromatic carbocycles. The lowest BCUT2D eigenvalue weighted by Gasteiger charge is -2.24. The van der Waals surface area contributed by atoms with Crippen LogP contribution in [0.2, 0.25) is 5.28 Å². The maximum Gasteiger partial charge on any atom is 0.443 e. The maximum atomic E-state index is 13.7. The molecule has 15 nitrogen and oxygen atoms in total. The predicted octanol–water partition coefficient (Wildman–Crippen LogP) is 1.52. The fourth-order valence-corrected chi connectivity index (χ4v) is 6.59. The first-order valence-corrected chi connectivity index (χ1v) is 14.8. The van der Waals surface area contributed by atoms with E-state index in [9.17, 15) is 33.0 Å². The first-order chi connectivity index (χ1) is 18.2. The monoisotopic (exact) mass is 612 g/mol. The van der Waals surface area contributed by atoms with Gasteiger partial charge < -0.3 is 39.5 Å². The molecule has 1 unspecified atom stereocenters. The lowest BCUT2D eigenvalue weighted by Crippen LogP contribution is -2.34. The second kappa shape index (κ2) is 10.0. The molecule has 20 heteroatoms. The van der Waals surface area contributed by atoms with E-state index in [1.54, 1.807) is 0 Å². The Hall–Kier alpha value is -2.17. The topological polar surface area (TPSA) is 222 Å². The van der Waals surface area contributed by atoms with Crippen LogP contribution in [0.5, 0.6) is 0 Å². The fourth-order valence-electron chi connectivity index (χ4n) is 4.43. The number of aliphatic hydroxyl groups excluding tert-OH is 2. The van der Waals surface area contributed by atoms with Crippen LogP contribution in [0.15, 0.2) is 24.3 Å². The summed E-state index contributed by atoms with van der Waals surface area (Å²) in [6.07, 6.45) is -5.26. The van der Waals surface area contributed by atoms with Crippen molar-refractivity contribution in [2.45, 2.75) is 48.8 Å². The van der Waals surface area contributed by atoms with Crippen LogP contribution < -0.4 is 5.32 Å². The van der Waals surface area contributed by atoms with Crippen LogP contribution in [0.1, 0.15) is 29.8 Å². The summed E-state index contributed by atoms with van der Waals surface area (Å²) >= 11 is 6.12. The van der Waals surface area contributed by atoms with E-state index in [1.165, 1.54) is 5.56 Å². The van der Waals surface area contributed by atoms with Crippen molar-refractivity contribution in [3.8, 4) is 0 Å². The summed E-state index contributed by atoms with van der Waals surface area (Å²) < 4.78 is 60.8. The number of nitrogens with zero attached hydrogens (tertiary/aromatic N) is 5. The SMILES string of the molecule is O=P(O)(O)C(F)(F)P(=O)(O)OC[C@H]1O[C@@H](n2nnc3c(N[C@H]4CCc5ccccc54)nc(Cl)nc32)[C@H](O)[C@@H]1O. The van der Waals surface area contributed by atoms with Gasteiger partial charge in [-0.05, 0) is 35.6 Å². The van der Waals surface area contributed by atoms with E-state index < -0.39 is 51.7 Å². The molecule has 1 aliphatic carbocycles. The van der Waals surface area contributed by atoms with Gasteiger partial charge in [0.1, 0.15) is 18.3 Å². The van der Waals surface area contributed by atoms with E-state index in [0.717, 1.165) is 23.1 Å². The van der Waals surface area contributed by atoms with Gasteiger partial charge in [0.15, 0.2) is 23.2 Å². The zero-order chi connectivity index (χ0) is 28.3. The van der Waals surface area contributed by atoms with Gasteiger partial charge in [-0.15, -0.1) is 5.10 Å². The Morgan fingerprint density at radius 3 is 2.62 bits per heavy atom. The molecule has 5 rings (SSSR count). The molecular weight excluding hydrogens is 592 g/mol. The highest BCUT2D eigenvalue weighted by molar-refractivity contribution is 7.72. The number of benzene rings is 1. The normalized spacial score (nSPS) is 27.0. The lowest BCUT2D eigenvalue weighted by atomic mass is 10.1. The Morgan fingerprint density at radius 2 is 1.90 bits per heavy atom. The lowest BCUT2D eigenvalue weighted by molar-refractivity contribution is -0.0570. The van der Waals surface area contributed by atoms with Crippen LogP contribution in [-0.4, -0.2) is 80.2 Å². The van der Waals surface area contributed by atoms with Crippen LogP contribution in [-0.2, 0) is 24.8 Å². The Bertz CT molecular complexity index is 1510. The molecule has 0 amide bonds. The van der Waals surface area contributed by atoms with E-state index in [4.69, 9.17) is 26.1 Å². The fraction of sp³-hybridized carbons (Fsp3) is 0.474. The highest BCUT2D eigenvalue weighted by Crippen LogP contribution is 2.73. The van der Waals surface area contributed by atoms with Crippen molar-refractivity contribution in [2.75, 3.05) is 11.9 Å². The van der Waals surface area contributed by atoms with Crippen molar-refractivity contribution in [3.63, 3.8) is 0 Å². The number of aryl methyl sites for hydroxylation is 1. The van der Waals surface area contributed by atoms with E-state index in [0.29, 0.717) is 0 Å². The smallest absolute Gasteiger partial charge is 0.387 e. The number of nitrogens with one attached hydrogen (secondary N) is 1. The van der Waals surface area contributed by atoms with Crippen LogP contribution in [0, 0.1) is 0 Å². The van der Waals surface area contributed by atoms with E-state index >= 15 is 0 Å². The first-order valence-electron chi connectivity index (χ1n) is 11.3. The average molecular weight is 613 g/mol. The largest absolute Gasteiger partial charge is 0.443 e. The number of hydrogen-bond donors (Lipinski definition) is 6. The zero-order valence-electron chi connectivity index (χ0n) is 19.5. The van der Waals surface area contributed by atoms with Gasteiger partial charge in [-0.25, -0.2) is 0 Å². The molecule has 2 aromatic heterocycles. The maximum absolute atomic E-state index is 13.7. The summed E-state index contributed by atoms with van der Waals surface area (Å²) in [5, 5.41) is 26.4. The molecule has 1 aliphatic heterocycles. The minimum Gasteiger partial charge on any atom is -0.387 e. The quantitative estimate of drug-likeness (QED) is 0.157. The molecular formula is C19H21ClF2N6O9P2. The minimum absolute atomic E-state index is 0.0255. The third-order valence-electron chi connectivity index (χ3n) is 6.42. The number of aromatic nitrogens is 5. The highest BCUT2D eigenvalue weighted by atomic mass is 35.5. The number of hydrogen-bond acceptors (Lipinski definition) is 11. The number of anilines is 1. The van der Waals surface area contributed by atoms with Gasteiger partial charge >= 0.3 is 20.6 Å². The number of halogens is 3. The summed E-state index contributed by atoms with van der Waals surface area (Å²) in [4.78, 5) is 35.1. The van der Waals surface area contributed by atoms with Gasteiger partial charge in [0.25, 0.3) is 0 Å². The molecule has 0 bridgehead atoms. The zero-order valence-corrected chi connectivity index (χ0v) is 22.0. The Kier molecular flexibility index (Phi) is 7.29. The predicted molar refractivity (Wildman–Crippen MR) is 128 cm³/mol. The molecule has 6 N–H and O–H groups in total.